The van der Waals surface area contributed by atoms with E-state index in [0.717, 1.165) is 42.8 Å². The third-order valence-corrected chi connectivity index (χ3v) is 12.2. The zero-order valence-electron chi connectivity index (χ0n) is 36.3. The molecule has 63 heavy (non-hydrogen) atoms. The summed E-state index contributed by atoms with van der Waals surface area (Å²) in [6.07, 6.45) is 8.63. The Morgan fingerprint density at radius 3 is 2.40 bits per heavy atom. The van der Waals surface area contributed by atoms with Crippen molar-refractivity contribution in [2.75, 3.05) is 68.9 Å². The largest absolute Gasteiger partial charge is 0.496 e. The molecule has 0 radical (unpaired) electrons. The lowest BCUT2D eigenvalue weighted by Gasteiger charge is -2.43. The van der Waals surface area contributed by atoms with Gasteiger partial charge in [-0.15, -0.1) is 0 Å². The second kappa shape index (κ2) is 21.1. The number of Topliss-reactive ketones (excluding diaryl/α,β-unsaturated/α-hetero) is 1. The Morgan fingerprint density at radius 1 is 0.921 bits per heavy atom. The predicted octanol–water partition coefficient (Wildman–Crippen LogP) is 4.38. The van der Waals surface area contributed by atoms with Gasteiger partial charge in [0, 0.05) is 73.4 Å². The SMILES string of the molecule is CC[C@@H]1C(=O)N(C)c2cnc(Cc3ccc(C(=O)CCCOCCOCCOCCC(=O)Nc4cccc5c4CN(C4CCC(=O)NC4=O)C5=O)cc3OC)nc2N1C1CCCC1. The minimum atomic E-state index is -0.734. The van der Waals surface area contributed by atoms with E-state index < -0.39 is 11.9 Å². The van der Waals surface area contributed by atoms with E-state index in [1.165, 1.54) is 4.90 Å². The van der Waals surface area contributed by atoms with Gasteiger partial charge in [-0.1, -0.05) is 38.0 Å². The van der Waals surface area contributed by atoms with Crippen LogP contribution in [0, 0.1) is 0 Å². The van der Waals surface area contributed by atoms with Crippen molar-refractivity contribution in [2.45, 2.75) is 102 Å². The molecule has 2 aromatic carbocycles. The van der Waals surface area contributed by atoms with E-state index in [1.807, 2.05) is 19.1 Å². The first-order valence-corrected chi connectivity index (χ1v) is 22.0. The number of anilines is 3. The lowest BCUT2D eigenvalue weighted by molar-refractivity contribution is -0.137. The molecule has 17 heteroatoms. The van der Waals surface area contributed by atoms with Crippen LogP contribution in [0.25, 0.3) is 0 Å². The van der Waals surface area contributed by atoms with Gasteiger partial charge in [-0.25, -0.2) is 9.97 Å². The van der Waals surface area contributed by atoms with Crippen molar-refractivity contribution in [3.05, 3.63) is 70.7 Å². The van der Waals surface area contributed by atoms with E-state index in [9.17, 15) is 28.8 Å². The summed E-state index contributed by atoms with van der Waals surface area (Å²) in [5.41, 5.74) is 3.70. The van der Waals surface area contributed by atoms with E-state index in [0.29, 0.717) is 92.7 Å². The van der Waals surface area contributed by atoms with Crippen LogP contribution in [0.5, 0.6) is 5.75 Å². The van der Waals surface area contributed by atoms with Gasteiger partial charge in [0.1, 0.15) is 29.3 Å². The Morgan fingerprint density at radius 2 is 1.67 bits per heavy atom. The van der Waals surface area contributed by atoms with Crippen LogP contribution in [0.4, 0.5) is 17.2 Å². The molecule has 1 aliphatic carbocycles. The quantitative estimate of drug-likeness (QED) is 0.0870. The Labute approximate surface area is 367 Å². The Balaban J connectivity index is 0.767. The highest BCUT2D eigenvalue weighted by Crippen LogP contribution is 2.40. The summed E-state index contributed by atoms with van der Waals surface area (Å²) < 4.78 is 22.5. The van der Waals surface area contributed by atoms with E-state index in [-0.39, 0.29) is 73.9 Å². The molecule has 1 saturated carbocycles. The van der Waals surface area contributed by atoms with Crippen LogP contribution in [0.1, 0.15) is 109 Å². The topological polar surface area (TPSA) is 199 Å². The van der Waals surface area contributed by atoms with Crippen LogP contribution >= 0.6 is 0 Å². The first-order chi connectivity index (χ1) is 30.6. The third kappa shape index (κ3) is 10.5. The third-order valence-electron chi connectivity index (χ3n) is 12.2. The Bertz CT molecular complexity index is 2190. The van der Waals surface area contributed by atoms with Crippen molar-refractivity contribution in [1.82, 2.24) is 20.2 Å². The second-order valence-electron chi connectivity index (χ2n) is 16.3. The van der Waals surface area contributed by atoms with Crippen LogP contribution < -0.4 is 25.2 Å². The minimum absolute atomic E-state index is 0.0136. The number of rotatable bonds is 21. The van der Waals surface area contributed by atoms with Crippen LogP contribution in [-0.4, -0.2) is 122 Å². The second-order valence-corrected chi connectivity index (χ2v) is 16.3. The number of methoxy groups -OCH3 is 1. The number of hydrogen-bond donors (Lipinski definition) is 2. The summed E-state index contributed by atoms with van der Waals surface area (Å²) in [6, 6.07) is 9.83. The highest BCUT2D eigenvalue weighted by atomic mass is 16.5. The first kappa shape index (κ1) is 45.3. The summed E-state index contributed by atoms with van der Waals surface area (Å²) in [5, 5.41) is 5.14. The lowest BCUT2D eigenvalue weighted by Crippen LogP contribution is -2.55. The van der Waals surface area contributed by atoms with Gasteiger partial charge in [-0.05, 0) is 50.3 Å². The Hall–Kier alpha value is -5.78. The fourth-order valence-corrected chi connectivity index (χ4v) is 8.84. The maximum absolute atomic E-state index is 13.3. The van der Waals surface area contributed by atoms with Gasteiger partial charge < -0.3 is 39.0 Å². The molecular formula is C46H57N7O10. The molecule has 1 unspecified atom stereocenters. The van der Waals surface area contributed by atoms with E-state index in [2.05, 4.69) is 20.5 Å². The number of fused-ring (bicyclic) bond motifs is 2. The number of carbonyl (C=O) groups excluding carboxylic acids is 6. The molecule has 1 saturated heterocycles. The molecule has 5 amide bonds. The van der Waals surface area contributed by atoms with E-state index in [4.69, 9.17) is 23.9 Å². The monoisotopic (exact) mass is 867 g/mol. The molecule has 7 rings (SSSR count). The number of hydrogen-bond acceptors (Lipinski definition) is 13. The van der Waals surface area contributed by atoms with Crippen molar-refractivity contribution in [1.29, 1.82) is 0 Å². The Kier molecular flexibility index (Phi) is 15.1. The number of imide groups is 1. The molecular weight excluding hydrogens is 811 g/mol. The number of piperidine rings is 1. The fraction of sp³-hybridized carbons (Fsp3) is 0.522. The molecule has 1 aromatic heterocycles. The number of aromatic nitrogens is 2. The van der Waals surface area contributed by atoms with Crippen molar-refractivity contribution in [3.63, 3.8) is 0 Å². The lowest BCUT2D eigenvalue weighted by atomic mass is 10.0. The molecule has 4 aliphatic rings. The smallest absolute Gasteiger partial charge is 0.255 e. The number of ketones is 1. The fourth-order valence-electron chi connectivity index (χ4n) is 8.84. The number of nitrogens with one attached hydrogen (secondary N) is 2. The zero-order chi connectivity index (χ0) is 44.5. The van der Waals surface area contributed by atoms with E-state index >= 15 is 0 Å². The van der Waals surface area contributed by atoms with Crippen LogP contribution in [0.2, 0.25) is 0 Å². The molecule has 4 heterocycles. The van der Waals surface area contributed by atoms with Crippen LogP contribution in [0.15, 0.2) is 42.6 Å². The molecule has 3 aromatic rings. The average Bonchev–Trinajstić information content (AvgIpc) is 3.94. The van der Waals surface area contributed by atoms with Crippen molar-refractivity contribution >= 4 is 52.5 Å². The number of ether oxygens (including phenoxy) is 4. The number of benzene rings is 2. The van der Waals surface area contributed by atoms with Gasteiger partial charge in [0.25, 0.3) is 5.91 Å². The summed E-state index contributed by atoms with van der Waals surface area (Å²) in [7, 11) is 3.38. The molecule has 3 aliphatic heterocycles. The van der Waals surface area contributed by atoms with Crippen molar-refractivity contribution < 1.29 is 47.7 Å². The predicted molar refractivity (Wildman–Crippen MR) is 232 cm³/mol. The summed E-state index contributed by atoms with van der Waals surface area (Å²) in [5.74, 6) is 0.659. The van der Waals surface area contributed by atoms with Crippen molar-refractivity contribution in [3.8, 4) is 5.75 Å². The summed E-state index contributed by atoms with van der Waals surface area (Å²) >= 11 is 0. The number of carbonyl (C=O) groups is 6. The minimum Gasteiger partial charge on any atom is -0.496 e. The first-order valence-electron chi connectivity index (χ1n) is 22.0. The number of amides is 5. The summed E-state index contributed by atoms with van der Waals surface area (Å²) in [4.78, 5) is 91.0. The van der Waals surface area contributed by atoms with Gasteiger partial charge >= 0.3 is 0 Å². The van der Waals surface area contributed by atoms with Crippen LogP contribution in [-0.2, 0) is 46.4 Å². The average molecular weight is 868 g/mol. The van der Waals surface area contributed by atoms with Gasteiger partial charge in [-0.3, -0.25) is 34.1 Å². The molecule has 0 spiro atoms. The van der Waals surface area contributed by atoms with Crippen LogP contribution in [0.3, 0.4) is 0 Å². The maximum atomic E-state index is 13.3. The normalized spacial score (nSPS) is 18.7. The summed E-state index contributed by atoms with van der Waals surface area (Å²) in [6.45, 7) is 4.11. The molecule has 17 nitrogen and oxygen atoms in total. The van der Waals surface area contributed by atoms with Gasteiger partial charge in [0.05, 0.1) is 52.8 Å². The molecule has 0 bridgehead atoms. The number of likely N-dealkylation sites (N-methyl/N-ethyl adjacent to an activating group) is 1. The van der Waals surface area contributed by atoms with E-state index in [1.54, 1.807) is 49.5 Å². The molecule has 336 valence electrons. The zero-order valence-corrected chi connectivity index (χ0v) is 36.3. The van der Waals surface area contributed by atoms with Gasteiger partial charge in [-0.2, -0.15) is 0 Å². The highest BCUT2D eigenvalue weighted by Gasteiger charge is 2.42. The molecule has 2 N–H and O–H groups in total. The standard InChI is InChI=1S/C46H57N7O10/c1-4-35-46(59)51(2)37-27-47-40(49-43(37)53(35)31-9-5-6-10-31)26-30-15-14-29(25-39(30)60-3)38(54)13-8-19-61-21-23-63-24-22-62-20-18-42(56)48-34-12-7-11-32-33(34)28-52(45(32)58)36-16-17-41(55)50-44(36)57/h7,11-12,14-15,25,27,31,35-36H,4-6,8-10,13,16-24,26,28H2,1-3H3,(H,48,56)(H,50,55,57)/t35-,36?/m1/s1. The highest BCUT2D eigenvalue weighted by molar-refractivity contribution is 6.07. The number of nitrogens with zero attached hydrogens (tertiary/aromatic N) is 5. The van der Waals surface area contributed by atoms with Gasteiger partial charge in [0.2, 0.25) is 23.6 Å². The maximum Gasteiger partial charge on any atom is 0.255 e. The molecule has 2 fully saturated rings. The van der Waals surface area contributed by atoms with Crippen molar-refractivity contribution in [2.24, 2.45) is 0 Å². The molecule has 2 atom stereocenters. The van der Waals surface area contributed by atoms with Gasteiger partial charge in [0.15, 0.2) is 11.6 Å².